The monoisotopic (exact) mass is 698 g/mol. The summed E-state index contributed by atoms with van der Waals surface area (Å²) < 4.78 is 33.0. The van der Waals surface area contributed by atoms with Crippen LogP contribution < -0.4 is 5.73 Å². The zero-order chi connectivity index (χ0) is 35.2. The van der Waals surface area contributed by atoms with Crippen molar-refractivity contribution in [1.29, 1.82) is 0 Å². The molecule has 0 aliphatic heterocycles. The number of carbonyl (C=O) groups excluding carboxylic acids is 1. The Morgan fingerprint density at radius 1 is 0.646 bits per heavy atom. The topological polar surface area (TPSA) is 117 Å². The third kappa shape index (κ3) is 35.6. The summed E-state index contributed by atoms with van der Waals surface area (Å²) >= 11 is 0. The van der Waals surface area contributed by atoms with Crippen LogP contribution in [0, 0.1) is 0 Å². The molecule has 2 atom stereocenters. The zero-order valence-corrected chi connectivity index (χ0v) is 31.6. The van der Waals surface area contributed by atoms with Gasteiger partial charge >= 0.3 is 13.8 Å². The summed E-state index contributed by atoms with van der Waals surface area (Å²) in [5, 5.41) is 0. The van der Waals surface area contributed by atoms with Crippen LogP contribution in [0.15, 0.2) is 48.8 Å². The first-order valence-corrected chi connectivity index (χ1v) is 20.7. The highest BCUT2D eigenvalue weighted by atomic mass is 31.2. The predicted molar refractivity (Wildman–Crippen MR) is 201 cm³/mol. The molecule has 0 aromatic rings. The molecule has 0 aliphatic rings. The lowest BCUT2D eigenvalue weighted by molar-refractivity contribution is -0.153. The molecule has 0 amide bonds. The standard InChI is InChI=1S/C39H72NO7P/c1-3-5-7-9-11-13-15-17-19-20-22-24-26-28-30-32-39(41)47-38(37-46-48(42,43)45-35-33-40)36-44-34-31-29-27-25-23-21-18-16-14-12-10-8-6-4-2/h11,13,17,19,22,24,31,34,38H,3-10,12,14-16,18,20-21,23,25-30,32-33,35-37,40H2,1-2H3,(H,42,43)/b13-11-,19-17-,24-22-,34-31-/t38-/m1/s1. The molecule has 0 saturated carbocycles. The number of allylic oxidation sites excluding steroid dienone is 7. The number of ether oxygens (including phenoxy) is 2. The van der Waals surface area contributed by atoms with E-state index in [-0.39, 0.29) is 32.8 Å². The van der Waals surface area contributed by atoms with E-state index in [9.17, 15) is 14.3 Å². The van der Waals surface area contributed by atoms with Crippen molar-refractivity contribution in [3.05, 3.63) is 48.8 Å². The fourth-order valence-electron chi connectivity index (χ4n) is 4.97. The van der Waals surface area contributed by atoms with Gasteiger partial charge in [0.2, 0.25) is 0 Å². The average molecular weight is 698 g/mol. The van der Waals surface area contributed by atoms with E-state index in [0.29, 0.717) is 6.42 Å². The molecule has 0 fully saturated rings. The third-order valence-corrected chi connectivity index (χ3v) is 8.80. The first-order chi connectivity index (χ1) is 23.4. The van der Waals surface area contributed by atoms with E-state index >= 15 is 0 Å². The van der Waals surface area contributed by atoms with E-state index < -0.39 is 19.9 Å². The van der Waals surface area contributed by atoms with Gasteiger partial charge in [-0.25, -0.2) is 4.57 Å². The van der Waals surface area contributed by atoms with E-state index in [2.05, 4.69) is 50.3 Å². The normalized spacial score (nSPS) is 14.1. The van der Waals surface area contributed by atoms with Gasteiger partial charge in [-0.05, 0) is 63.9 Å². The van der Waals surface area contributed by atoms with Crippen molar-refractivity contribution in [3.8, 4) is 0 Å². The minimum absolute atomic E-state index is 0.0163. The third-order valence-electron chi connectivity index (χ3n) is 7.81. The number of phosphoric acid groups is 1. The summed E-state index contributed by atoms with van der Waals surface area (Å²) in [6.45, 7) is 4.15. The second-order valence-electron chi connectivity index (χ2n) is 12.5. The summed E-state index contributed by atoms with van der Waals surface area (Å²) in [5.74, 6) is -0.391. The number of rotatable bonds is 36. The molecule has 48 heavy (non-hydrogen) atoms. The lowest BCUT2D eigenvalue weighted by Gasteiger charge is -2.19. The minimum Gasteiger partial charge on any atom is -0.498 e. The molecule has 0 radical (unpaired) electrons. The summed E-state index contributed by atoms with van der Waals surface area (Å²) in [7, 11) is -4.30. The van der Waals surface area contributed by atoms with Crippen molar-refractivity contribution in [1.82, 2.24) is 0 Å². The first kappa shape index (κ1) is 46.3. The molecule has 0 aromatic heterocycles. The van der Waals surface area contributed by atoms with Gasteiger partial charge in [0, 0.05) is 13.0 Å². The van der Waals surface area contributed by atoms with Crippen LogP contribution in [0.3, 0.4) is 0 Å². The largest absolute Gasteiger partial charge is 0.498 e. The second-order valence-corrected chi connectivity index (χ2v) is 14.0. The Morgan fingerprint density at radius 3 is 1.71 bits per heavy atom. The molecular formula is C39H72NO7P. The summed E-state index contributed by atoms with van der Waals surface area (Å²) in [6.07, 6.45) is 42.2. The van der Waals surface area contributed by atoms with Gasteiger partial charge in [-0.1, -0.05) is 134 Å². The van der Waals surface area contributed by atoms with Gasteiger partial charge in [0.25, 0.3) is 0 Å². The number of esters is 1. The number of nitrogens with two attached hydrogens (primary N) is 1. The average Bonchev–Trinajstić information content (AvgIpc) is 3.07. The fraction of sp³-hybridized carbons (Fsp3) is 0.769. The van der Waals surface area contributed by atoms with Crippen molar-refractivity contribution in [2.75, 3.05) is 26.4 Å². The summed E-state index contributed by atoms with van der Waals surface area (Å²) in [6, 6.07) is 0. The molecule has 0 bridgehead atoms. The number of carbonyl (C=O) groups is 1. The Labute approximate surface area is 294 Å². The van der Waals surface area contributed by atoms with E-state index in [1.807, 2.05) is 6.08 Å². The molecule has 3 N–H and O–H groups in total. The van der Waals surface area contributed by atoms with Crippen molar-refractivity contribution in [3.63, 3.8) is 0 Å². The predicted octanol–water partition coefficient (Wildman–Crippen LogP) is 11.2. The zero-order valence-electron chi connectivity index (χ0n) is 30.7. The molecule has 0 heterocycles. The van der Waals surface area contributed by atoms with E-state index in [4.69, 9.17) is 24.3 Å². The number of hydrogen-bond acceptors (Lipinski definition) is 7. The Kier molecular flexibility index (Phi) is 35.3. The molecule has 0 spiro atoms. The molecule has 8 nitrogen and oxygen atoms in total. The van der Waals surface area contributed by atoms with Crippen molar-refractivity contribution in [2.45, 2.75) is 168 Å². The number of phosphoric ester groups is 1. The quantitative estimate of drug-likeness (QED) is 0.0218. The van der Waals surface area contributed by atoms with Gasteiger partial charge in [0.05, 0.1) is 19.5 Å². The van der Waals surface area contributed by atoms with Gasteiger partial charge in [0.15, 0.2) is 6.10 Å². The molecule has 0 aromatic carbocycles. The van der Waals surface area contributed by atoms with Crippen LogP contribution >= 0.6 is 7.82 Å². The lowest BCUT2D eigenvalue weighted by atomic mass is 10.0. The highest BCUT2D eigenvalue weighted by Crippen LogP contribution is 2.43. The summed E-state index contributed by atoms with van der Waals surface area (Å²) in [5.41, 5.74) is 5.34. The number of unbranched alkanes of at least 4 members (excludes halogenated alkanes) is 17. The molecular weight excluding hydrogens is 625 g/mol. The maximum atomic E-state index is 12.5. The molecule has 9 heteroatoms. The van der Waals surface area contributed by atoms with Gasteiger partial charge in [-0.15, -0.1) is 0 Å². The maximum absolute atomic E-state index is 12.5. The van der Waals surface area contributed by atoms with Crippen LogP contribution in [-0.2, 0) is 27.9 Å². The highest BCUT2D eigenvalue weighted by molar-refractivity contribution is 7.47. The molecule has 1 unspecified atom stereocenters. The highest BCUT2D eigenvalue weighted by Gasteiger charge is 2.25. The summed E-state index contributed by atoms with van der Waals surface area (Å²) in [4.78, 5) is 22.3. The van der Waals surface area contributed by atoms with Crippen LogP contribution in [0.2, 0.25) is 0 Å². The molecule has 0 saturated heterocycles. The number of hydrogen-bond donors (Lipinski definition) is 2. The van der Waals surface area contributed by atoms with Crippen LogP contribution in [0.5, 0.6) is 0 Å². The van der Waals surface area contributed by atoms with Crippen molar-refractivity contribution in [2.24, 2.45) is 5.73 Å². The van der Waals surface area contributed by atoms with Crippen LogP contribution in [0.25, 0.3) is 0 Å². The Hall–Kier alpha value is -1.70. The van der Waals surface area contributed by atoms with Crippen molar-refractivity contribution < 1.29 is 32.8 Å². The maximum Gasteiger partial charge on any atom is 0.472 e. The van der Waals surface area contributed by atoms with Gasteiger partial charge in [-0.2, -0.15) is 0 Å². The van der Waals surface area contributed by atoms with Crippen LogP contribution in [0.4, 0.5) is 0 Å². The molecule has 0 aliphatic carbocycles. The van der Waals surface area contributed by atoms with E-state index in [1.54, 1.807) is 6.26 Å². The molecule has 0 rings (SSSR count). The molecule has 280 valence electrons. The van der Waals surface area contributed by atoms with E-state index in [0.717, 1.165) is 38.5 Å². The van der Waals surface area contributed by atoms with Gasteiger partial charge in [-0.3, -0.25) is 13.8 Å². The van der Waals surface area contributed by atoms with Crippen molar-refractivity contribution >= 4 is 13.8 Å². The van der Waals surface area contributed by atoms with Gasteiger partial charge < -0.3 is 20.1 Å². The first-order valence-electron chi connectivity index (χ1n) is 19.2. The van der Waals surface area contributed by atoms with Crippen LogP contribution in [-0.4, -0.2) is 43.3 Å². The van der Waals surface area contributed by atoms with Gasteiger partial charge in [0.1, 0.15) is 6.61 Å². The second kappa shape index (κ2) is 36.6. The Bertz CT molecular complexity index is 874. The SMILES string of the molecule is CCCCC/C=C\C/C=C\C/C=C\CCCCC(=O)O[C@H](CO/C=C\CCCCCCCCCCCCCC)COP(=O)(O)OCCN. The minimum atomic E-state index is -4.30. The smallest absolute Gasteiger partial charge is 0.472 e. The lowest BCUT2D eigenvalue weighted by Crippen LogP contribution is -2.27. The Balaban J connectivity index is 4.23. The van der Waals surface area contributed by atoms with Crippen LogP contribution in [0.1, 0.15) is 162 Å². The van der Waals surface area contributed by atoms with E-state index in [1.165, 1.54) is 96.3 Å². The Morgan fingerprint density at radius 2 is 1.12 bits per heavy atom. The fourth-order valence-corrected chi connectivity index (χ4v) is 5.73.